The van der Waals surface area contributed by atoms with Gasteiger partial charge in [0.1, 0.15) is 11.9 Å². The van der Waals surface area contributed by atoms with Gasteiger partial charge in [-0.15, -0.1) is 0 Å². The number of nitrogens with one attached hydrogen (secondary N) is 1. The van der Waals surface area contributed by atoms with Crippen LogP contribution < -0.4 is 5.32 Å². The average Bonchev–Trinajstić information content (AvgIpc) is 2.40. The third-order valence-electron chi connectivity index (χ3n) is 2.77. The van der Waals surface area contributed by atoms with E-state index in [4.69, 9.17) is 10.4 Å². The first kappa shape index (κ1) is 13.6. The lowest BCUT2D eigenvalue weighted by atomic mass is 10.1. The van der Waals surface area contributed by atoms with E-state index >= 15 is 0 Å². The zero-order valence-corrected chi connectivity index (χ0v) is 10.6. The molecule has 5 heteroatoms. The molecule has 0 aliphatic rings. The van der Waals surface area contributed by atoms with Gasteiger partial charge in [-0.25, -0.2) is 9.18 Å². The van der Waals surface area contributed by atoms with Gasteiger partial charge < -0.3 is 10.4 Å². The van der Waals surface area contributed by atoms with Gasteiger partial charge in [-0.2, -0.15) is 5.26 Å². The Bertz CT molecular complexity index is 720. The number of anilines is 2. The Morgan fingerprint density at radius 3 is 2.65 bits per heavy atom. The molecule has 4 nitrogen and oxygen atoms in total. The van der Waals surface area contributed by atoms with Crippen molar-refractivity contribution in [3.63, 3.8) is 0 Å². The molecule has 0 fully saturated rings. The molecule has 0 saturated carbocycles. The van der Waals surface area contributed by atoms with E-state index in [0.717, 1.165) is 11.6 Å². The highest BCUT2D eigenvalue weighted by molar-refractivity contribution is 5.88. The van der Waals surface area contributed by atoms with Crippen molar-refractivity contribution >= 4 is 17.3 Å². The van der Waals surface area contributed by atoms with Crippen LogP contribution in [0.3, 0.4) is 0 Å². The maximum Gasteiger partial charge on any atom is 0.338 e. The molecule has 0 saturated heterocycles. The van der Waals surface area contributed by atoms with Crippen LogP contribution in [0.4, 0.5) is 15.8 Å². The van der Waals surface area contributed by atoms with Gasteiger partial charge in [0.05, 0.1) is 16.8 Å². The molecule has 0 bridgehead atoms. The fourth-order valence-electron chi connectivity index (χ4n) is 1.78. The number of rotatable bonds is 3. The van der Waals surface area contributed by atoms with E-state index in [9.17, 15) is 9.18 Å². The van der Waals surface area contributed by atoms with Crippen LogP contribution >= 0.6 is 0 Å². The highest BCUT2D eigenvalue weighted by atomic mass is 19.1. The van der Waals surface area contributed by atoms with E-state index < -0.39 is 11.8 Å². The predicted molar refractivity (Wildman–Crippen MR) is 72.5 cm³/mol. The number of carboxylic acids is 1. The maximum absolute atomic E-state index is 13.6. The number of nitrogens with zero attached hydrogens (tertiary/aromatic N) is 1. The molecule has 0 heterocycles. The molecule has 2 rings (SSSR count). The maximum atomic E-state index is 13.6. The van der Waals surface area contributed by atoms with Crippen LogP contribution in [-0.4, -0.2) is 11.1 Å². The molecule has 20 heavy (non-hydrogen) atoms. The Kier molecular flexibility index (Phi) is 3.67. The fourth-order valence-corrected chi connectivity index (χ4v) is 1.78. The van der Waals surface area contributed by atoms with Crippen molar-refractivity contribution in [1.29, 1.82) is 5.26 Å². The lowest BCUT2D eigenvalue weighted by molar-refractivity contribution is 0.0692. The molecular formula is C15H11FN2O2. The smallest absolute Gasteiger partial charge is 0.338 e. The van der Waals surface area contributed by atoms with Gasteiger partial charge in [0.2, 0.25) is 0 Å². The van der Waals surface area contributed by atoms with Crippen LogP contribution in [0, 0.1) is 24.1 Å². The van der Waals surface area contributed by atoms with E-state index in [0.29, 0.717) is 16.9 Å². The number of hydrogen-bond acceptors (Lipinski definition) is 3. The van der Waals surface area contributed by atoms with Crippen molar-refractivity contribution in [3.8, 4) is 6.07 Å². The largest absolute Gasteiger partial charge is 0.478 e. The normalized spacial score (nSPS) is 9.85. The standard InChI is InChI=1S/C15H11FN2O2/c1-9-2-5-14(10(6-9)8-17)18-11-3-4-12(15(19)20)13(16)7-11/h2-7,18H,1H3,(H,19,20). The molecule has 0 aromatic heterocycles. The minimum Gasteiger partial charge on any atom is -0.478 e. The summed E-state index contributed by atoms with van der Waals surface area (Å²) in [6, 6.07) is 11.0. The predicted octanol–water partition coefficient (Wildman–Crippen LogP) is 3.45. The fraction of sp³-hybridized carbons (Fsp3) is 0.0667. The number of aromatic carboxylic acids is 1. The van der Waals surface area contributed by atoms with Crippen LogP contribution in [0.2, 0.25) is 0 Å². The lowest BCUT2D eigenvalue weighted by Gasteiger charge is -2.09. The monoisotopic (exact) mass is 270 g/mol. The molecule has 0 aliphatic carbocycles. The summed E-state index contributed by atoms with van der Waals surface area (Å²) in [5.41, 5.74) is 1.92. The Morgan fingerprint density at radius 1 is 1.30 bits per heavy atom. The number of benzene rings is 2. The molecule has 0 atom stereocenters. The first-order chi connectivity index (χ1) is 9.51. The quantitative estimate of drug-likeness (QED) is 0.895. The van der Waals surface area contributed by atoms with Crippen molar-refractivity contribution < 1.29 is 14.3 Å². The zero-order valence-electron chi connectivity index (χ0n) is 10.6. The van der Waals surface area contributed by atoms with E-state index in [-0.39, 0.29) is 5.56 Å². The molecule has 0 aliphatic heterocycles. The summed E-state index contributed by atoms with van der Waals surface area (Å²) in [5.74, 6) is -2.14. The Hall–Kier alpha value is -2.87. The number of halogens is 1. The highest BCUT2D eigenvalue weighted by Crippen LogP contribution is 2.23. The van der Waals surface area contributed by atoms with E-state index in [1.807, 2.05) is 13.0 Å². The summed E-state index contributed by atoms with van der Waals surface area (Å²) in [6.45, 7) is 1.87. The summed E-state index contributed by atoms with van der Waals surface area (Å²) in [5, 5.41) is 20.7. The van der Waals surface area contributed by atoms with Gasteiger partial charge in [-0.3, -0.25) is 0 Å². The van der Waals surface area contributed by atoms with Crippen LogP contribution in [0.25, 0.3) is 0 Å². The van der Waals surface area contributed by atoms with Crippen LogP contribution in [0.1, 0.15) is 21.5 Å². The van der Waals surface area contributed by atoms with Crippen LogP contribution in [0.15, 0.2) is 36.4 Å². The van der Waals surface area contributed by atoms with E-state index in [2.05, 4.69) is 11.4 Å². The van der Waals surface area contributed by atoms with Crippen molar-refractivity contribution in [2.45, 2.75) is 6.92 Å². The summed E-state index contributed by atoms with van der Waals surface area (Å²) in [6.07, 6.45) is 0. The molecule has 100 valence electrons. The first-order valence-electron chi connectivity index (χ1n) is 5.82. The number of hydrogen-bond donors (Lipinski definition) is 2. The van der Waals surface area contributed by atoms with E-state index in [1.165, 1.54) is 12.1 Å². The van der Waals surface area contributed by atoms with E-state index in [1.54, 1.807) is 12.1 Å². The van der Waals surface area contributed by atoms with Gasteiger partial charge in [-0.1, -0.05) is 6.07 Å². The van der Waals surface area contributed by atoms with Gasteiger partial charge in [0, 0.05) is 5.69 Å². The number of carboxylic acid groups (broad SMARTS) is 1. The van der Waals surface area contributed by atoms with Gasteiger partial charge in [-0.05, 0) is 42.8 Å². The molecule has 0 radical (unpaired) electrons. The molecule has 0 unspecified atom stereocenters. The molecule has 2 aromatic rings. The second kappa shape index (κ2) is 5.41. The molecule has 0 amide bonds. The van der Waals surface area contributed by atoms with Gasteiger partial charge >= 0.3 is 5.97 Å². The zero-order chi connectivity index (χ0) is 14.7. The van der Waals surface area contributed by atoms with Gasteiger partial charge in [0.25, 0.3) is 0 Å². The molecular weight excluding hydrogens is 259 g/mol. The second-order valence-electron chi connectivity index (χ2n) is 4.29. The average molecular weight is 270 g/mol. The number of aryl methyl sites for hydroxylation is 1. The van der Waals surface area contributed by atoms with Crippen molar-refractivity contribution in [2.24, 2.45) is 0 Å². The third kappa shape index (κ3) is 2.75. The van der Waals surface area contributed by atoms with Crippen molar-refractivity contribution in [1.82, 2.24) is 0 Å². The van der Waals surface area contributed by atoms with Crippen molar-refractivity contribution in [3.05, 3.63) is 58.9 Å². The SMILES string of the molecule is Cc1ccc(Nc2ccc(C(=O)O)c(F)c2)c(C#N)c1. The minimum atomic E-state index is -1.32. The Labute approximate surface area is 115 Å². The first-order valence-corrected chi connectivity index (χ1v) is 5.82. The second-order valence-corrected chi connectivity index (χ2v) is 4.29. The lowest BCUT2D eigenvalue weighted by Crippen LogP contribution is -2.01. The highest BCUT2D eigenvalue weighted by Gasteiger charge is 2.11. The Morgan fingerprint density at radius 2 is 2.05 bits per heavy atom. The topological polar surface area (TPSA) is 73.1 Å². The Balaban J connectivity index is 2.34. The van der Waals surface area contributed by atoms with Gasteiger partial charge in [0.15, 0.2) is 0 Å². The molecule has 2 aromatic carbocycles. The van der Waals surface area contributed by atoms with Crippen LogP contribution in [0.5, 0.6) is 0 Å². The minimum absolute atomic E-state index is 0.382. The third-order valence-corrected chi connectivity index (χ3v) is 2.77. The molecule has 0 spiro atoms. The number of nitriles is 1. The summed E-state index contributed by atoms with van der Waals surface area (Å²) in [7, 11) is 0. The summed E-state index contributed by atoms with van der Waals surface area (Å²) in [4.78, 5) is 10.7. The number of carbonyl (C=O) groups is 1. The van der Waals surface area contributed by atoms with Crippen molar-refractivity contribution in [2.75, 3.05) is 5.32 Å². The molecule has 2 N–H and O–H groups in total. The summed E-state index contributed by atoms with van der Waals surface area (Å²) >= 11 is 0. The summed E-state index contributed by atoms with van der Waals surface area (Å²) < 4.78 is 13.6. The van der Waals surface area contributed by atoms with Crippen LogP contribution in [-0.2, 0) is 0 Å².